The summed E-state index contributed by atoms with van der Waals surface area (Å²) in [5.41, 5.74) is 1.36. The summed E-state index contributed by atoms with van der Waals surface area (Å²) in [6.45, 7) is 3.57. The number of aryl methyl sites for hydroxylation is 1. The summed E-state index contributed by atoms with van der Waals surface area (Å²) in [4.78, 5) is 10.3. The van der Waals surface area contributed by atoms with Crippen LogP contribution >= 0.6 is 0 Å². The molecular weight excluding hydrogens is 192 g/mol. The van der Waals surface area contributed by atoms with E-state index < -0.39 is 4.92 Å². The summed E-state index contributed by atoms with van der Waals surface area (Å²) in [7, 11) is 0. The van der Waals surface area contributed by atoms with Gasteiger partial charge in [-0.1, -0.05) is 12.0 Å². The topological polar surface area (TPSA) is 55.2 Å². The number of benzene rings is 1. The highest BCUT2D eigenvalue weighted by atomic mass is 16.6. The van der Waals surface area contributed by atoms with Crippen molar-refractivity contribution in [1.82, 2.24) is 0 Å². The molecule has 4 nitrogen and oxygen atoms in total. The van der Waals surface area contributed by atoms with Crippen LogP contribution < -0.4 is 5.32 Å². The molecule has 0 spiro atoms. The zero-order valence-electron chi connectivity index (χ0n) is 8.65. The summed E-state index contributed by atoms with van der Waals surface area (Å²) >= 11 is 0. The van der Waals surface area contributed by atoms with Crippen molar-refractivity contribution < 1.29 is 4.92 Å². The Kier molecular flexibility index (Phi) is 3.29. The van der Waals surface area contributed by atoms with E-state index in [0.717, 1.165) is 5.56 Å². The molecule has 0 saturated heterocycles. The SMILES string of the molecule is C#CC(C)Nc1ccc(C)cc1[N+](=O)[O-]. The number of hydrogen-bond donors (Lipinski definition) is 1. The Bertz CT molecular complexity index is 421. The lowest BCUT2D eigenvalue weighted by Gasteiger charge is -2.09. The Hall–Kier alpha value is -2.02. The van der Waals surface area contributed by atoms with E-state index in [4.69, 9.17) is 6.42 Å². The van der Waals surface area contributed by atoms with Crippen molar-refractivity contribution in [2.24, 2.45) is 0 Å². The molecule has 0 bridgehead atoms. The summed E-state index contributed by atoms with van der Waals surface area (Å²) in [5.74, 6) is 2.46. The molecule has 0 aliphatic heterocycles. The Labute approximate surface area is 88.5 Å². The number of nitro groups is 1. The van der Waals surface area contributed by atoms with Gasteiger partial charge in [-0.2, -0.15) is 0 Å². The summed E-state index contributed by atoms with van der Waals surface area (Å²) < 4.78 is 0. The number of rotatable bonds is 3. The smallest absolute Gasteiger partial charge is 0.292 e. The average Bonchev–Trinajstić information content (AvgIpc) is 2.20. The molecule has 1 rings (SSSR count). The van der Waals surface area contributed by atoms with Crippen molar-refractivity contribution in [2.75, 3.05) is 5.32 Å². The van der Waals surface area contributed by atoms with Gasteiger partial charge in [0, 0.05) is 6.07 Å². The number of nitrogens with one attached hydrogen (secondary N) is 1. The van der Waals surface area contributed by atoms with Gasteiger partial charge in [-0.05, 0) is 25.5 Å². The van der Waals surface area contributed by atoms with Gasteiger partial charge in [-0.3, -0.25) is 10.1 Å². The Morgan fingerprint density at radius 3 is 2.80 bits per heavy atom. The molecule has 1 aromatic carbocycles. The van der Waals surface area contributed by atoms with E-state index in [1.54, 1.807) is 26.0 Å². The van der Waals surface area contributed by atoms with Gasteiger partial charge >= 0.3 is 0 Å². The lowest BCUT2D eigenvalue weighted by molar-refractivity contribution is -0.384. The first-order chi connectivity index (χ1) is 7.04. The van der Waals surface area contributed by atoms with Gasteiger partial charge in [-0.15, -0.1) is 6.42 Å². The largest absolute Gasteiger partial charge is 0.366 e. The maximum atomic E-state index is 10.8. The van der Waals surface area contributed by atoms with Crippen LogP contribution in [0.2, 0.25) is 0 Å². The standard InChI is InChI=1S/C11H12N2O2/c1-4-9(3)12-10-6-5-8(2)7-11(10)13(14)15/h1,5-7,9,12H,2-3H3. The first-order valence-electron chi connectivity index (χ1n) is 4.52. The molecule has 0 fully saturated rings. The van der Waals surface area contributed by atoms with Gasteiger partial charge in [0.1, 0.15) is 5.69 Å². The second-order valence-corrected chi connectivity index (χ2v) is 3.31. The Morgan fingerprint density at radius 2 is 2.27 bits per heavy atom. The van der Waals surface area contributed by atoms with Crippen LogP contribution in [0, 0.1) is 29.4 Å². The molecule has 1 unspecified atom stereocenters. The zero-order valence-corrected chi connectivity index (χ0v) is 8.65. The highest BCUT2D eigenvalue weighted by molar-refractivity contribution is 5.63. The monoisotopic (exact) mass is 204 g/mol. The molecule has 15 heavy (non-hydrogen) atoms. The predicted molar refractivity (Wildman–Crippen MR) is 59.8 cm³/mol. The van der Waals surface area contributed by atoms with Crippen LogP contribution in [0.4, 0.5) is 11.4 Å². The maximum Gasteiger partial charge on any atom is 0.292 e. The van der Waals surface area contributed by atoms with E-state index in [2.05, 4.69) is 11.2 Å². The van der Waals surface area contributed by atoms with E-state index in [9.17, 15) is 10.1 Å². The van der Waals surface area contributed by atoms with Gasteiger partial charge in [0.25, 0.3) is 5.69 Å². The van der Waals surface area contributed by atoms with Crippen LogP contribution in [0.3, 0.4) is 0 Å². The molecule has 78 valence electrons. The second kappa shape index (κ2) is 4.47. The highest BCUT2D eigenvalue weighted by Gasteiger charge is 2.14. The quantitative estimate of drug-likeness (QED) is 0.467. The predicted octanol–water partition coefficient (Wildman–Crippen LogP) is 2.34. The van der Waals surface area contributed by atoms with Crippen molar-refractivity contribution in [3.8, 4) is 12.3 Å². The molecule has 4 heteroatoms. The summed E-state index contributed by atoms with van der Waals surface area (Å²) in [6, 6.07) is 4.76. The number of terminal acetylenes is 1. The van der Waals surface area contributed by atoms with Gasteiger partial charge in [0.2, 0.25) is 0 Å². The van der Waals surface area contributed by atoms with Crippen molar-refractivity contribution in [2.45, 2.75) is 19.9 Å². The number of nitro benzene ring substituents is 1. The molecule has 1 aromatic rings. The van der Waals surface area contributed by atoms with Crippen molar-refractivity contribution in [3.05, 3.63) is 33.9 Å². The zero-order chi connectivity index (χ0) is 11.4. The first-order valence-corrected chi connectivity index (χ1v) is 4.52. The second-order valence-electron chi connectivity index (χ2n) is 3.31. The van der Waals surface area contributed by atoms with Crippen molar-refractivity contribution in [1.29, 1.82) is 0 Å². The molecule has 0 heterocycles. The fourth-order valence-corrected chi connectivity index (χ4v) is 1.19. The third-order valence-corrected chi connectivity index (χ3v) is 1.97. The fraction of sp³-hybridized carbons (Fsp3) is 0.273. The maximum absolute atomic E-state index is 10.8. The average molecular weight is 204 g/mol. The van der Waals surface area contributed by atoms with Gasteiger partial charge in [0.05, 0.1) is 11.0 Å². The lowest BCUT2D eigenvalue weighted by Crippen LogP contribution is -2.13. The van der Waals surface area contributed by atoms with Gasteiger partial charge in [-0.25, -0.2) is 0 Å². The number of anilines is 1. The molecular formula is C11H12N2O2. The summed E-state index contributed by atoms with van der Waals surface area (Å²) in [6.07, 6.45) is 5.19. The molecule has 0 saturated carbocycles. The molecule has 0 radical (unpaired) electrons. The van der Waals surface area contributed by atoms with Crippen LogP contribution in [-0.4, -0.2) is 11.0 Å². The minimum absolute atomic E-state index is 0.0529. The van der Waals surface area contributed by atoms with Crippen LogP contribution in [0.5, 0.6) is 0 Å². The normalized spacial score (nSPS) is 11.5. The highest BCUT2D eigenvalue weighted by Crippen LogP contribution is 2.25. The molecule has 1 atom stereocenters. The van der Waals surface area contributed by atoms with Crippen molar-refractivity contribution >= 4 is 11.4 Å². The van der Waals surface area contributed by atoms with Gasteiger partial charge in [0.15, 0.2) is 0 Å². The van der Waals surface area contributed by atoms with E-state index in [1.165, 1.54) is 6.07 Å². The van der Waals surface area contributed by atoms with Crippen molar-refractivity contribution in [3.63, 3.8) is 0 Å². The molecule has 1 N–H and O–H groups in total. The Morgan fingerprint density at radius 1 is 1.60 bits per heavy atom. The molecule has 0 aromatic heterocycles. The number of hydrogen-bond acceptors (Lipinski definition) is 3. The minimum Gasteiger partial charge on any atom is -0.366 e. The molecule has 0 aliphatic rings. The van der Waals surface area contributed by atoms with E-state index in [0.29, 0.717) is 5.69 Å². The van der Waals surface area contributed by atoms with Crippen LogP contribution in [0.1, 0.15) is 12.5 Å². The minimum atomic E-state index is -0.418. The van der Waals surface area contributed by atoms with E-state index in [-0.39, 0.29) is 11.7 Å². The third kappa shape index (κ3) is 2.71. The summed E-state index contributed by atoms with van der Waals surface area (Å²) in [5, 5.41) is 13.6. The van der Waals surface area contributed by atoms with Crippen LogP contribution in [-0.2, 0) is 0 Å². The van der Waals surface area contributed by atoms with E-state index in [1.807, 2.05) is 0 Å². The first kappa shape index (κ1) is 11.1. The van der Waals surface area contributed by atoms with E-state index >= 15 is 0 Å². The van der Waals surface area contributed by atoms with Gasteiger partial charge < -0.3 is 5.32 Å². The molecule has 0 amide bonds. The third-order valence-electron chi connectivity index (χ3n) is 1.97. The van der Waals surface area contributed by atoms with Crippen LogP contribution in [0.15, 0.2) is 18.2 Å². The van der Waals surface area contributed by atoms with Crippen LogP contribution in [0.25, 0.3) is 0 Å². The fourth-order valence-electron chi connectivity index (χ4n) is 1.19. The molecule has 0 aliphatic carbocycles. The number of nitrogens with zero attached hydrogens (tertiary/aromatic N) is 1. The Balaban J connectivity index is 3.07. The lowest BCUT2D eigenvalue weighted by atomic mass is 10.2.